The lowest BCUT2D eigenvalue weighted by atomic mass is 10.0. The molecular weight excluding hydrogens is 262 g/mol. The molecule has 1 atom stereocenters. The van der Waals surface area contributed by atoms with Crippen molar-refractivity contribution in [1.29, 1.82) is 0 Å². The van der Waals surface area contributed by atoms with E-state index in [1.165, 1.54) is 27.5 Å². The summed E-state index contributed by atoms with van der Waals surface area (Å²) in [7, 11) is 0. The fourth-order valence-corrected chi connectivity index (χ4v) is 3.28. The maximum absolute atomic E-state index is 3.61. The predicted molar refractivity (Wildman–Crippen MR) is 88.3 cm³/mol. The Hall–Kier alpha value is -1.64. The Kier molecular flexibility index (Phi) is 3.86. The van der Waals surface area contributed by atoms with Crippen molar-refractivity contribution in [2.24, 2.45) is 0 Å². The lowest BCUT2D eigenvalue weighted by Gasteiger charge is -2.15. The van der Waals surface area contributed by atoms with Gasteiger partial charge in [-0.25, -0.2) is 0 Å². The number of thiophene rings is 1. The Balaban J connectivity index is 1.75. The first kappa shape index (κ1) is 13.3. The molecule has 1 unspecified atom stereocenters. The minimum absolute atomic E-state index is 0.360. The first-order chi connectivity index (χ1) is 9.74. The Morgan fingerprint density at radius 1 is 1.05 bits per heavy atom. The third-order valence-corrected chi connectivity index (χ3v) is 4.74. The predicted octanol–water partition coefficient (Wildman–Crippen LogP) is 5.06. The minimum Gasteiger partial charge on any atom is -0.306 e. The van der Waals surface area contributed by atoms with Gasteiger partial charge in [-0.05, 0) is 58.1 Å². The molecule has 0 fully saturated rings. The second kappa shape index (κ2) is 5.78. The van der Waals surface area contributed by atoms with E-state index >= 15 is 0 Å². The summed E-state index contributed by atoms with van der Waals surface area (Å²) >= 11 is 1.78. The van der Waals surface area contributed by atoms with Crippen molar-refractivity contribution in [2.45, 2.75) is 26.4 Å². The zero-order valence-corrected chi connectivity index (χ0v) is 12.7. The van der Waals surface area contributed by atoms with Crippen LogP contribution < -0.4 is 5.32 Å². The van der Waals surface area contributed by atoms with Crippen molar-refractivity contribution in [1.82, 2.24) is 5.32 Å². The molecule has 102 valence electrons. The summed E-state index contributed by atoms with van der Waals surface area (Å²) in [5.74, 6) is 0. The van der Waals surface area contributed by atoms with Gasteiger partial charge >= 0.3 is 0 Å². The van der Waals surface area contributed by atoms with Crippen molar-refractivity contribution in [3.8, 4) is 0 Å². The lowest BCUT2D eigenvalue weighted by Crippen LogP contribution is -2.18. The molecule has 0 saturated carbocycles. The molecule has 2 aromatic carbocycles. The second-order valence-electron chi connectivity index (χ2n) is 5.29. The fourth-order valence-electron chi connectivity index (χ4n) is 2.43. The quantitative estimate of drug-likeness (QED) is 0.704. The highest BCUT2D eigenvalue weighted by Crippen LogP contribution is 2.21. The number of hydrogen-bond donors (Lipinski definition) is 1. The normalized spacial score (nSPS) is 12.7. The van der Waals surface area contributed by atoms with E-state index in [2.05, 4.69) is 72.4 Å². The molecule has 0 amide bonds. The highest BCUT2D eigenvalue weighted by atomic mass is 32.1. The van der Waals surface area contributed by atoms with E-state index in [-0.39, 0.29) is 0 Å². The summed E-state index contributed by atoms with van der Waals surface area (Å²) in [6.07, 6.45) is 0. The van der Waals surface area contributed by atoms with E-state index in [0.717, 1.165) is 6.54 Å². The number of aryl methyl sites for hydroxylation is 1. The van der Waals surface area contributed by atoms with Crippen LogP contribution in [0.2, 0.25) is 0 Å². The summed E-state index contributed by atoms with van der Waals surface area (Å²) in [5.41, 5.74) is 4.13. The molecule has 0 saturated heterocycles. The first-order valence-electron chi connectivity index (χ1n) is 6.98. The van der Waals surface area contributed by atoms with Gasteiger partial charge in [0.05, 0.1) is 0 Å². The van der Waals surface area contributed by atoms with Crippen LogP contribution in [0.4, 0.5) is 0 Å². The van der Waals surface area contributed by atoms with E-state index in [0.29, 0.717) is 6.04 Å². The maximum Gasteiger partial charge on any atom is 0.0295 e. The van der Waals surface area contributed by atoms with E-state index in [1.807, 2.05) is 0 Å². The molecule has 0 aliphatic carbocycles. The van der Waals surface area contributed by atoms with E-state index < -0.39 is 0 Å². The van der Waals surface area contributed by atoms with Crippen LogP contribution in [-0.2, 0) is 6.54 Å². The summed E-state index contributed by atoms with van der Waals surface area (Å²) in [6, 6.07) is 15.6. The maximum atomic E-state index is 3.61. The monoisotopic (exact) mass is 281 g/mol. The zero-order chi connectivity index (χ0) is 13.9. The summed E-state index contributed by atoms with van der Waals surface area (Å²) in [6.45, 7) is 5.34. The van der Waals surface area contributed by atoms with Gasteiger partial charge in [0.1, 0.15) is 0 Å². The molecule has 0 spiro atoms. The number of fused-ring (bicyclic) bond motifs is 1. The average Bonchev–Trinajstić information content (AvgIpc) is 2.89. The number of hydrogen-bond acceptors (Lipinski definition) is 2. The Morgan fingerprint density at radius 3 is 2.60 bits per heavy atom. The van der Waals surface area contributed by atoms with Crippen LogP contribution in [0, 0.1) is 6.92 Å². The highest BCUT2D eigenvalue weighted by molar-refractivity contribution is 7.08. The van der Waals surface area contributed by atoms with Crippen LogP contribution in [0.15, 0.2) is 53.2 Å². The van der Waals surface area contributed by atoms with Crippen molar-refractivity contribution >= 4 is 22.1 Å². The zero-order valence-electron chi connectivity index (χ0n) is 11.9. The Bertz CT molecular complexity index is 714. The van der Waals surface area contributed by atoms with Gasteiger partial charge in [-0.2, -0.15) is 11.3 Å². The van der Waals surface area contributed by atoms with Gasteiger partial charge in [0.15, 0.2) is 0 Å². The van der Waals surface area contributed by atoms with E-state index in [1.54, 1.807) is 11.3 Å². The van der Waals surface area contributed by atoms with Gasteiger partial charge in [-0.3, -0.25) is 0 Å². The molecule has 1 aromatic heterocycles. The molecule has 3 aromatic rings. The number of nitrogens with one attached hydrogen (secondary N) is 1. The summed E-state index contributed by atoms with van der Waals surface area (Å²) in [5, 5.41) is 10.7. The first-order valence-corrected chi connectivity index (χ1v) is 7.92. The van der Waals surface area contributed by atoms with Crippen molar-refractivity contribution in [3.05, 3.63) is 69.9 Å². The molecule has 0 aliphatic heterocycles. The van der Waals surface area contributed by atoms with Crippen LogP contribution in [0.1, 0.15) is 29.7 Å². The topological polar surface area (TPSA) is 12.0 Å². The smallest absolute Gasteiger partial charge is 0.0295 e. The van der Waals surface area contributed by atoms with Gasteiger partial charge in [0.2, 0.25) is 0 Å². The second-order valence-corrected chi connectivity index (χ2v) is 6.03. The van der Waals surface area contributed by atoms with Gasteiger partial charge in [0.25, 0.3) is 0 Å². The third-order valence-electron chi connectivity index (χ3n) is 3.83. The number of benzene rings is 2. The van der Waals surface area contributed by atoms with Crippen LogP contribution in [0.25, 0.3) is 10.8 Å². The molecule has 0 radical (unpaired) electrons. The molecular formula is C18H19NS. The Morgan fingerprint density at radius 2 is 1.85 bits per heavy atom. The molecule has 1 heterocycles. The van der Waals surface area contributed by atoms with E-state index in [9.17, 15) is 0 Å². The van der Waals surface area contributed by atoms with Gasteiger partial charge < -0.3 is 5.32 Å². The van der Waals surface area contributed by atoms with Crippen LogP contribution in [-0.4, -0.2) is 0 Å². The minimum atomic E-state index is 0.360. The molecule has 0 bridgehead atoms. The SMILES string of the molecule is Cc1cscc1CNC(C)c1ccc2ccccc2c1. The molecule has 0 aliphatic rings. The van der Waals surface area contributed by atoms with Crippen LogP contribution in [0.5, 0.6) is 0 Å². The largest absolute Gasteiger partial charge is 0.306 e. The van der Waals surface area contributed by atoms with Crippen molar-refractivity contribution in [3.63, 3.8) is 0 Å². The molecule has 1 nitrogen and oxygen atoms in total. The van der Waals surface area contributed by atoms with E-state index in [4.69, 9.17) is 0 Å². The van der Waals surface area contributed by atoms with Crippen molar-refractivity contribution in [2.75, 3.05) is 0 Å². The van der Waals surface area contributed by atoms with Gasteiger partial charge in [-0.15, -0.1) is 0 Å². The van der Waals surface area contributed by atoms with Gasteiger partial charge in [0, 0.05) is 12.6 Å². The van der Waals surface area contributed by atoms with Crippen LogP contribution in [0.3, 0.4) is 0 Å². The molecule has 20 heavy (non-hydrogen) atoms. The number of rotatable bonds is 4. The summed E-state index contributed by atoms with van der Waals surface area (Å²) in [4.78, 5) is 0. The van der Waals surface area contributed by atoms with Crippen molar-refractivity contribution < 1.29 is 0 Å². The standard InChI is InChI=1S/C18H19NS/c1-13-11-20-12-18(13)10-19-14(2)16-8-7-15-5-3-4-6-17(15)9-16/h3-9,11-12,14,19H,10H2,1-2H3. The molecule has 3 rings (SSSR count). The Labute approximate surface area is 124 Å². The van der Waals surface area contributed by atoms with Crippen LogP contribution >= 0.6 is 11.3 Å². The molecule has 1 N–H and O–H groups in total. The average molecular weight is 281 g/mol. The lowest BCUT2D eigenvalue weighted by molar-refractivity contribution is 0.575. The van der Waals surface area contributed by atoms with Gasteiger partial charge in [-0.1, -0.05) is 36.4 Å². The highest BCUT2D eigenvalue weighted by Gasteiger charge is 2.07. The molecule has 2 heteroatoms. The fraction of sp³-hybridized carbons (Fsp3) is 0.222. The third kappa shape index (κ3) is 2.77. The summed E-state index contributed by atoms with van der Waals surface area (Å²) < 4.78 is 0.